The zero-order valence-corrected chi connectivity index (χ0v) is 17.2. The maximum Gasteiger partial charge on any atom is 0.418 e. The number of hydrogen-bond acceptors (Lipinski definition) is 3. The van der Waals surface area contributed by atoms with Gasteiger partial charge in [-0.3, -0.25) is 9.59 Å². The van der Waals surface area contributed by atoms with E-state index in [1.807, 2.05) is 30.3 Å². The smallest absolute Gasteiger partial charge is 0.326 e. The number of carbonyl (C=O) groups excluding carboxylic acids is 2. The quantitative estimate of drug-likeness (QED) is 0.619. The Morgan fingerprint density at radius 3 is 2.32 bits per heavy atom. The largest absolute Gasteiger partial charge is 0.418 e. The van der Waals surface area contributed by atoms with E-state index in [4.69, 9.17) is 0 Å². The van der Waals surface area contributed by atoms with Crippen molar-refractivity contribution in [1.82, 2.24) is 9.78 Å². The van der Waals surface area contributed by atoms with Gasteiger partial charge in [0.05, 0.1) is 29.1 Å². The van der Waals surface area contributed by atoms with Gasteiger partial charge in [-0.1, -0.05) is 18.2 Å². The second-order valence-corrected chi connectivity index (χ2v) is 7.06. The average molecular weight is 430 g/mol. The summed E-state index contributed by atoms with van der Waals surface area (Å²) in [5.74, 6) is -1.09. The zero-order valence-electron chi connectivity index (χ0n) is 17.2. The lowest BCUT2D eigenvalue weighted by atomic mass is 10.1. The lowest BCUT2D eigenvalue weighted by molar-refractivity contribution is -0.137. The second-order valence-electron chi connectivity index (χ2n) is 7.06. The first-order valence-electron chi connectivity index (χ1n) is 9.45. The van der Waals surface area contributed by atoms with Gasteiger partial charge in [0, 0.05) is 23.9 Å². The molecule has 162 valence electrons. The van der Waals surface area contributed by atoms with Crippen LogP contribution in [0, 0.1) is 13.8 Å². The summed E-state index contributed by atoms with van der Waals surface area (Å²) >= 11 is 0. The van der Waals surface area contributed by atoms with Crippen LogP contribution in [0.5, 0.6) is 0 Å². The Balaban J connectivity index is 1.85. The van der Waals surface area contributed by atoms with Crippen molar-refractivity contribution in [1.29, 1.82) is 0 Å². The number of benzene rings is 2. The molecule has 3 rings (SSSR count). The summed E-state index contributed by atoms with van der Waals surface area (Å²) in [7, 11) is 0. The molecule has 0 spiro atoms. The number of rotatable bonds is 5. The van der Waals surface area contributed by atoms with Crippen LogP contribution >= 0.6 is 0 Å². The molecule has 1 aromatic heterocycles. The van der Waals surface area contributed by atoms with Crippen molar-refractivity contribution >= 4 is 23.2 Å². The van der Waals surface area contributed by atoms with Gasteiger partial charge < -0.3 is 10.6 Å². The van der Waals surface area contributed by atoms with Gasteiger partial charge in [-0.2, -0.15) is 18.3 Å². The number of halogens is 3. The van der Waals surface area contributed by atoms with Gasteiger partial charge in [0.1, 0.15) is 0 Å². The molecule has 2 aromatic carbocycles. The van der Waals surface area contributed by atoms with E-state index in [2.05, 4.69) is 15.7 Å². The molecule has 0 bridgehead atoms. The van der Waals surface area contributed by atoms with Crippen molar-refractivity contribution in [2.75, 3.05) is 10.6 Å². The molecular formula is C22H21F3N4O2. The molecule has 1 heterocycles. The van der Waals surface area contributed by atoms with Gasteiger partial charge in [0.25, 0.3) is 0 Å². The summed E-state index contributed by atoms with van der Waals surface area (Å²) < 4.78 is 42.2. The molecule has 0 aliphatic heterocycles. The molecule has 0 saturated carbocycles. The first-order chi connectivity index (χ1) is 14.6. The normalized spacial score (nSPS) is 11.3. The van der Waals surface area contributed by atoms with Crippen LogP contribution in [0.25, 0.3) is 5.69 Å². The van der Waals surface area contributed by atoms with Gasteiger partial charge in [-0.15, -0.1) is 0 Å². The molecule has 3 aromatic rings. The fraction of sp³-hybridized carbons (Fsp3) is 0.227. The summed E-state index contributed by atoms with van der Waals surface area (Å²) in [6.45, 7) is 4.75. The molecule has 0 fully saturated rings. The number of nitrogens with one attached hydrogen (secondary N) is 2. The number of anilines is 2. The average Bonchev–Trinajstić information content (AvgIpc) is 2.97. The molecule has 2 N–H and O–H groups in total. The topological polar surface area (TPSA) is 76.0 Å². The number of carbonyl (C=O) groups is 2. The van der Waals surface area contributed by atoms with Gasteiger partial charge in [-0.05, 0) is 44.2 Å². The molecule has 2 amide bonds. The molecule has 31 heavy (non-hydrogen) atoms. The molecule has 0 radical (unpaired) electrons. The molecule has 0 saturated heterocycles. The van der Waals surface area contributed by atoms with Crippen LogP contribution in [0.15, 0.2) is 48.5 Å². The number of nitrogens with zero attached hydrogens (tertiary/aromatic N) is 2. The van der Waals surface area contributed by atoms with Gasteiger partial charge >= 0.3 is 6.18 Å². The second kappa shape index (κ2) is 8.63. The van der Waals surface area contributed by atoms with E-state index in [-0.39, 0.29) is 17.8 Å². The highest BCUT2D eigenvalue weighted by Crippen LogP contribution is 2.36. The fourth-order valence-electron chi connectivity index (χ4n) is 3.28. The van der Waals surface area contributed by atoms with Crippen LogP contribution in [0.1, 0.15) is 29.4 Å². The number of aromatic nitrogens is 2. The lowest BCUT2D eigenvalue weighted by Crippen LogP contribution is -2.19. The summed E-state index contributed by atoms with van der Waals surface area (Å²) in [5, 5.41) is 9.10. The molecule has 9 heteroatoms. The fourth-order valence-corrected chi connectivity index (χ4v) is 3.28. The van der Waals surface area contributed by atoms with Crippen LogP contribution in [-0.2, 0) is 22.2 Å². The van der Waals surface area contributed by atoms with E-state index in [1.54, 1.807) is 18.5 Å². The van der Waals surface area contributed by atoms with E-state index < -0.39 is 23.6 Å². The van der Waals surface area contributed by atoms with E-state index in [0.717, 1.165) is 23.5 Å². The lowest BCUT2D eigenvalue weighted by Gasteiger charge is -2.15. The van der Waals surface area contributed by atoms with Crippen molar-refractivity contribution in [3.63, 3.8) is 0 Å². The van der Waals surface area contributed by atoms with Gasteiger partial charge in [0.2, 0.25) is 11.8 Å². The number of para-hydroxylation sites is 1. The number of hydrogen-bond donors (Lipinski definition) is 2. The minimum atomic E-state index is -4.71. The van der Waals surface area contributed by atoms with E-state index in [1.165, 1.54) is 13.0 Å². The number of alkyl halides is 3. The summed E-state index contributed by atoms with van der Waals surface area (Å²) in [4.78, 5) is 23.7. The Bertz CT molecular complexity index is 1120. The zero-order chi connectivity index (χ0) is 22.8. The summed E-state index contributed by atoms with van der Waals surface area (Å²) in [6.07, 6.45) is -4.84. The minimum Gasteiger partial charge on any atom is -0.326 e. The predicted octanol–water partition coefficient (Wildman–Crippen LogP) is 4.65. The first-order valence-corrected chi connectivity index (χ1v) is 9.45. The van der Waals surface area contributed by atoms with Crippen molar-refractivity contribution in [3.05, 3.63) is 71.0 Å². The van der Waals surface area contributed by atoms with Crippen LogP contribution in [0.4, 0.5) is 24.5 Å². The van der Waals surface area contributed by atoms with Gasteiger partial charge in [-0.25, -0.2) is 4.68 Å². The van der Waals surface area contributed by atoms with Crippen LogP contribution in [0.3, 0.4) is 0 Å². The molecule has 6 nitrogen and oxygen atoms in total. The Kier molecular flexibility index (Phi) is 6.14. The third-order valence-corrected chi connectivity index (χ3v) is 4.70. The van der Waals surface area contributed by atoms with Crippen molar-refractivity contribution < 1.29 is 22.8 Å². The molecular weight excluding hydrogens is 409 g/mol. The third kappa shape index (κ3) is 5.11. The van der Waals surface area contributed by atoms with Crippen molar-refractivity contribution in [2.24, 2.45) is 0 Å². The van der Waals surface area contributed by atoms with Gasteiger partial charge in [0.15, 0.2) is 0 Å². The monoisotopic (exact) mass is 430 g/mol. The number of amides is 2. The SMILES string of the molecule is CC(=O)Nc1ccc(NC(=O)Cc2c(C)nn(-c3ccccc3)c2C)c(C(F)(F)F)c1. The highest BCUT2D eigenvalue weighted by Gasteiger charge is 2.34. The highest BCUT2D eigenvalue weighted by atomic mass is 19.4. The van der Waals surface area contributed by atoms with Crippen molar-refractivity contribution in [3.8, 4) is 5.69 Å². The molecule has 0 atom stereocenters. The van der Waals surface area contributed by atoms with Crippen molar-refractivity contribution in [2.45, 2.75) is 33.4 Å². The van der Waals surface area contributed by atoms with Crippen LogP contribution < -0.4 is 10.6 Å². The van der Waals surface area contributed by atoms with E-state index >= 15 is 0 Å². The molecule has 0 aliphatic rings. The predicted molar refractivity (Wildman–Crippen MR) is 111 cm³/mol. The number of aryl methyl sites for hydroxylation is 1. The Morgan fingerprint density at radius 1 is 1.03 bits per heavy atom. The molecule has 0 unspecified atom stereocenters. The van der Waals surface area contributed by atoms with Crippen LogP contribution in [-0.4, -0.2) is 21.6 Å². The highest BCUT2D eigenvalue weighted by molar-refractivity contribution is 5.94. The molecule has 0 aliphatic carbocycles. The Labute approximate surface area is 177 Å². The first kappa shape index (κ1) is 22.1. The summed E-state index contributed by atoms with van der Waals surface area (Å²) in [5.41, 5.74) is 1.39. The maximum atomic E-state index is 13.5. The Morgan fingerprint density at radius 2 is 1.71 bits per heavy atom. The summed E-state index contributed by atoms with van der Waals surface area (Å²) in [6, 6.07) is 12.6. The van der Waals surface area contributed by atoms with E-state index in [9.17, 15) is 22.8 Å². The Hall–Kier alpha value is -3.62. The standard InChI is InChI=1S/C22H21F3N4O2/c1-13-18(14(2)29(28-13)17-7-5-4-6-8-17)12-21(31)27-20-10-9-16(26-15(3)30)11-19(20)22(23,24)25/h4-11H,12H2,1-3H3,(H,26,30)(H,27,31). The minimum absolute atomic E-state index is 0.00588. The third-order valence-electron chi connectivity index (χ3n) is 4.70. The maximum absolute atomic E-state index is 13.5. The van der Waals surface area contributed by atoms with Crippen LogP contribution in [0.2, 0.25) is 0 Å². The van der Waals surface area contributed by atoms with E-state index in [0.29, 0.717) is 11.3 Å².